The van der Waals surface area contributed by atoms with Gasteiger partial charge in [-0.25, -0.2) is 4.79 Å². The zero-order valence-corrected chi connectivity index (χ0v) is 13.0. The Morgan fingerprint density at radius 2 is 1.83 bits per heavy atom. The van der Waals surface area contributed by atoms with E-state index in [1.807, 2.05) is 0 Å². The van der Waals surface area contributed by atoms with Gasteiger partial charge in [-0.05, 0) is 18.4 Å². The van der Waals surface area contributed by atoms with Gasteiger partial charge in [0, 0.05) is 12.1 Å². The molecule has 1 saturated carbocycles. The lowest BCUT2D eigenvalue weighted by Crippen LogP contribution is -2.56. The van der Waals surface area contributed by atoms with Crippen molar-refractivity contribution >= 4 is 17.6 Å². The van der Waals surface area contributed by atoms with Crippen LogP contribution in [-0.4, -0.2) is 29.4 Å². The maximum Gasteiger partial charge on any atom is 0.331 e. The van der Waals surface area contributed by atoms with E-state index in [1.54, 1.807) is 12.1 Å². The Kier molecular flexibility index (Phi) is 5.31. The van der Waals surface area contributed by atoms with Crippen molar-refractivity contribution in [2.24, 2.45) is 0 Å². The molecule has 0 atom stereocenters. The maximum absolute atomic E-state index is 12.3. The molecule has 0 aromatic heterocycles. The third-order valence-corrected chi connectivity index (χ3v) is 4.17. The minimum absolute atomic E-state index is 0.0209. The molecule has 1 fully saturated rings. The summed E-state index contributed by atoms with van der Waals surface area (Å²) in [6.07, 6.45) is 3.99. The molecule has 0 saturated heterocycles. The molecule has 1 aromatic rings. The van der Waals surface area contributed by atoms with Crippen molar-refractivity contribution in [1.82, 2.24) is 5.32 Å². The Bertz CT molecular complexity index is 591. The summed E-state index contributed by atoms with van der Waals surface area (Å²) in [5, 5.41) is 13.4. The van der Waals surface area contributed by atoms with Crippen LogP contribution in [0.4, 0.5) is 5.69 Å². The van der Waals surface area contributed by atoms with Crippen molar-refractivity contribution in [2.45, 2.75) is 44.1 Å². The zero-order valence-electron chi connectivity index (χ0n) is 13.0. The summed E-state index contributed by atoms with van der Waals surface area (Å²) in [5.41, 5.74) is -0.304. The van der Waals surface area contributed by atoms with Gasteiger partial charge in [0.2, 0.25) is 5.91 Å². The number of nitrogens with one attached hydrogen (secondary N) is 1. The summed E-state index contributed by atoms with van der Waals surface area (Å²) in [6.45, 7) is 0. The molecule has 0 unspecified atom stereocenters. The lowest BCUT2D eigenvalue weighted by molar-refractivity contribution is -0.384. The number of carbonyl (C=O) groups excluding carboxylic acids is 2. The molecule has 0 heterocycles. The number of methoxy groups -OCH3 is 1. The second kappa shape index (κ2) is 7.21. The summed E-state index contributed by atoms with van der Waals surface area (Å²) in [4.78, 5) is 34.5. The highest BCUT2D eigenvalue weighted by atomic mass is 16.6. The van der Waals surface area contributed by atoms with Crippen molar-refractivity contribution in [2.75, 3.05) is 7.11 Å². The fraction of sp³-hybridized carbons (Fsp3) is 0.500. The lowest BCUT2D eigenvalue weighted by Gasteiger charge is -2.35. The summed E-state index contributed by atoms with van der Waals surface area (Å²) < 4.78 is 4.86. The van der Waals surface area contributed by atoms with E-state index in [-0.39, 0.29) is 18.0 Å². The van der Waals surface area contributed by atoms with Gasteiger partial charge in [-0.3, -0.25) is 14.9 Å². The molecule has 1 aliphatic rings. The monoisotopic (exact) mass is 320 g/mol. The van der Waals surface area contributed by atoms with E-state index in [4.69, 9.17) is 4.74 Å². The van der Waals surface area contributed by atoms with Crippen LogP contribution < -0.4 is 5.32 Å². The highest BCUT2D eigenvalue weighted by Gasteiger charge is 2.41. The zero-order chi connectivity index (χ0) is 16.9. The molecule has 1 aliphatic carbocycles. The number of nitro benzene ring substituents is 1. The third-order valence-electron chi connectivity index (χ3n) is 4.17. The van der Waals surface area contributed by atoms with Crippen molar-refractivity contribution < 1.29 is 19.2 Å². The molecule has 0 bridgehead atoms. The van der Waals surface area contributed by atoms with E-state index in [9.17, 15) is 19.7 Å². The standard InChI is InChI=1S/C16H20N2O5/c1-23-15(20)16(9-3-2-4-10-16)17-14(19)11-12-5-7-13(8-6-12)18(21)22/h5-8H,2-4,9-11H2,1H3,(H,17,19). The SMILES string of the molecule is COC(=O)C1(NC(=O)Cc2ccc([N+](=O)[O-])cc2)CCCCC1. The molecular weight excluding hydrogens is 300 g/mol. The van der Waals surface area contributed by atoms with Crippen molar-refractivity contribution in [1.29, 1.82) is 0 Å². The largest absolute Gasteiger partial charge is 0.467 e. The normalized spacial score (nSPS) is 16.4. The van der Waals surface area contributed by atoms with Gasteiger partial charge in [0.1, 0.15) is 5.54 Å². The first-order valence-electron chi connectivity index (χ1n) is 7.59. The van der Waals surface area contributed by atoms with Gasteiger partial charge in [-0.15, -0.1) is 0 Å². The Labute approximate surface area is 134 Å². The smallest absolute Gasteiger partial charge is 0.331 e. The number of esters is 1. The predicted octanol–water partition coefficient (Wildman–Crippen LogP) is 2.13. The minimum atomic E-state index is -0.940. The molecule has 0 radical (unpaired) electrons. The predicted molar refractivity (Wildman–Crippen MR) is 82.8 cm³/mol. The van der Waals surface area contributed by atoms with Gasteiger partial charge in [0.25, 0.3) is 5.69 Å². The molecular formula is C16H20N2O5. The second-order valence-electron chi connectivity index (χ2n) is 5.78. The van der Waals surface area contributed by atoms with E-state index < -0.39 is 16.4 Å². The van der Waals surface area contributed by atoms with Crippen LogP contribution in [0.3, 0.4) is 0 Å². The highest BCUT2D eigenvalue weighted by molar-refractivity contribution is 5.89. The van der Waals surface area contributed by atoms with E-state index in [0.717, 1.165) is 19.3 Å². The molecule has 7 heteroatoms. The number of hydrogen-bond donors (Lipinski definition) is 1. The van der Waals surface area contributed by atoms with Gasteiger partial charge in [-0.1, -0.05) is 31.4 Å². The molecule has 0 aliphatic heterocycles. The molecule has 1 amide bonds. The van der Waals surface area contributed by atoms with Gasteiger partial charge in [0.15, 0.2) is 0 Å². The van der Waals surface area contributed by atoms with Crippen LogP contribution in [0.15, 0.2) is 24.3 Å². The molecule has 1 N–H and O–H groups in total. The fourth-order valence-corrected chi connectivity index (χ4v) is 2.96. The molecule has 2 rings (SSSR count). The number of non-ortho nitro benzene ring substituents is 1. The van der Waals surface area contributed by atoms with Crippen LogP contribution in [0.1, 0.15) is 37.7 Å². The number of hydrogen-bond acceptors (Lipinski definition) is 5. The van der Waals surface area contributed by atoms with Gasteiger partial charge in [0.05, 0.1) is 18.5 Å². The summed E-state index contributed by atoms with van der Waals surface area (Å²) in [6, 6.07) is 5.81. The Morgan fingerprint density at radius 1 is 1.22 bits per heavy atom. The van der Waals surface area contributed by atoms with E-state index >= 15 is 0 Å². The van der Waals surface area contributed by atoms with Crippen LogP contribution in [0, 0.1) is 10.1 Å². The minimum Gasteiger partial charge on any atom is -0.467 e. The fourth-order valence-electron chi connectivity index (χ4n) is 2.96. The Morgan fingerprint density at radius 3 is 2.35 bits per heavy atom. The van der Waals surface area contributed by atoms with Crippen LogP contribution in [0.2, 0.25) is 0 Å². The number of carbonyl (C=O) groups is 2. The number of nitrogens with zero attached hydrogens (tertiary/aromatic N) is 1. The van der Waals surface area contributed by atoms with Gasteiger partial charge >= 0.3 is 5.97 Å². The summed E-state index contributed by atoms with van der Waals surface area (Å²) >= 11 is 0. The maximum atomic E-state index is 12.3. The van der Waals surface area contributed by atoms with E-state index in [0.29, 0.717) is 18.4 Å². The average Bonchev–Trinajstić information content (AvgIpc) is 2.55. The lowest BCUT2D eigenvalue weighted by atomic mass is 9.81. The van der Waals surface area contributed by atoms with Crippen molar-refractivity contribution in [3.63, 3.8) is 0 Å². The molecule has 7 nitrogen and oxygen atoms in total. The molecule has 1 aromatic carbocycles. The van der Waals surface area contributed by atoms with Crippen LogP contribution in [0.5, 0.6) is 0 Å². The molecule has 23 heavy (non-hydrogen) atoms. The quantitative estimate of drug-likeness (QED) is 0.509. The molecule has 124 valence electrons. The molecule has 0 spiro atoms. The Balaban J connectivity index is 2.04. The van der Waals surface area contributed by atoms with Crippen LogP contribution >= 0.6 is 0 Å². The van der Waals surface area contributed by atoms with Crippen LogP contribution in [0.25, 0.3) is 0 Å². The Hall–Kier alpha value is -2.44. The first-order chi connectivity index (χ1) is 11.0. The average molecular weight is 320 g/mol. The van der Waals surface area contributed by atoms with Gasteiger partial charge in [-0.2, -0.15) is 0 Å². The first-order valence-corrected chi connectivity index (χ1v) is 7.59. The topological polar surface area (TPSA) is 98.5 Å². The second-order valence-corrected chi connectivity index (χ2v) is 5.78. The number of rotatable bonds is 5. The number of ether oxygens (including phenoxy) is 1. The number of nitro groups is 1. The van der Waals surface area contributed by atoms with Crippen LogP contribution in [-0.2, 0) is 20.7 Å². The number of amides is 1. The van der Waals surface area contributed by atoms with E-state index in [1.165, 1.54) is 19.2 Å². The summed E-state index contributed by atoms with van der Waals surface area (Å²) in [7, 11) is 1.32. The van der Waals surface area contributed by atoms with E-state index in [2.05, 4.69) is 5.32 Å². The van der Waals surface area contributed by atoms with Crippen molar-refractivity contribution in [3.05, 3.63) is 39.9 Å². The third kappa shape index (κ3) is 4.06. The summed E-state index contributed by atoms with van der Waals surface area (Å²) in [5.74, 6) is -0.694. The highest BCUT2D eigenvalue weighted by Crippen LogP contribution is 2.29. The van der Waals surface area contributed by atoms with Crippen molar-refractivity contribution in [3.8, 4) is 0 Å². The first kappa shape index (κ1) is 16.9. The number of benzene rings is 1. The van der Waals surface area contributed by atoms with Gasteiger partial charge < -0.3 is 10.1 Å².